The number of aromatic nitrogens is 2. The Balaban J connectivity index is 1.63. The highest BCUT2D eigenvalue weighted by Gasteiger charge is 2.16. The van der Waals surface area contributed by atoms with Crippen LogP contribution in [0.4, 0.5) is 5.69 Å². The summed E-state index contributed by atoms with van der Waals surface area (Å²) in [6.07, 6.45) is 1.34. The van der Waals surface area contributed by atoms with Crippen molar-refractivity contribution in [3.05, 3.63) is 59.1 Å². The van der Waals surface area contributed by atoms with E-state index < -0.39 is 0 Å². The molecule has 2 amide bonds. The van der Waals surface area contributed by atoms with Crippen LogP contribution in [0.2, 0.25) is 0 Å². The maximum Gasteiger partial charge on any atom is 0.261 e. The maximum absolute atomic E-state index is 12.6. The molecule has 1 N–H and O–H groups in total. The Morgan fingerprint density at radius 1 is 1.06 bits per heavy atom. The Labute approximate surface area is 185 Å². The van der Waals surface area contributed by atoms with Gasteiger partial charge in [0.25, 0.3) is 5.56 Å². The average Bonchev–Trinajstić information content (AvgIpc) is 2.77. The minimum absolute atomic E-state index is 0.175. The lowest BCUT2D eigenvalue weighted by atomic mass is 10.2. The summed E-state index contributed by atoms with van der Waals surface area (Å²) < 4.78 is 12.3. The van der Waals surface area contributed by atoms with Gasteiger partial charge in [-0.2, -0.15) is 0 Å². The van der Waals surface area contributed by atoms with Crippen LogP contribution < -0.4 is 20.3 Å². The molecule has 0 aliphatic carbocycles. The highest BCUT2D eigenvalue weighted by Crippen LogP contribution is 2.30. The third kappa shape index (κ3) is 5.42. The maximum atomic E-state index is 12.6. The molecule has 0 radical (unpaired) electrons. The van der Waals surface area contributed by atoms with E-state index in [1.807, 2.05) is 13.8 Å². The second-order valence-corrected chi connectivity index (χ2v) is 7.02. The molecule has 0 unspecified atom stereocenters. The molecule has 0 atom stereocenters. The second-order valence-electron chi connectivity index (χ2n) is 7.02. The zero-order chi connectivity index (χ0) is 23.1. The Kier molecular flexibility index (Phi) is 7.43. The van der Waals surface area contributed by atoms with Crippen molar-refractivity contribution >= 4 is 28.4 Å². The van der Waals surface area contributed by atoms with Crippen LogP contribution in [0.5, 0.6) is 11.5 Å². The van der Waals surface area contributed by atoms with E-state index in [2.05, 4.69) is 10.3 Å². The SMILES string of the molecule is CCOc1ccc(NC(=O)CN(C)C(=O)Cn2cnc3ccccc3c2=O)cc1OCC. The van der Waals surface area contributed by atoms with Gasteiger partial charge in [-0.1, -0.05) is 12.1 Å². The van der Waals surface area contributed by atoms with Crippen molar-refractivity contribution in [2.45, 2.75) is 20.4 Å². The van der Waals surface area contributed by atoms with Crippen molar-refractivity contribution in [2.75, 3.05) is 32.1 Å². The van der Waals surface area contributed by atoms with Gasteiger partial charge in [0.05, 0.1) is 37.0 Å². The smallest absolute Gasteiger partial charge is 0.261 e. The number of carbonyl (C=O) groups excluding carboxylic acids is 2. The standard InChI is InChI=1S/C23H26N4O5/c1-4-31-19-11-10-16(12-20(19)32-5-2)25-21(28)13-26(3)22(29)14-27-15-24-18-9-7-6-8-17(18)23(27)30/h6-12,15H,4-5,13-14H2,1-3H3,(H,25,28). The van der Waals surface area contributed by atoms with Crippen LogP contribution in [-0.4, -0.2) is 53.1 Å². The molecule has 9 heteroatoms. The lowest BCUT2D eigenvalue weighted by Gasteiger charge is -2.18. The molecular formula is C23H26N4O5. The molecule has 0 aliphatic heterocycles. The van der Waals surface area contributed by atoms with E-state index in [1.54, 1.807) is 42.5 Å². The number of ether oxygens (including phenoxy) is 2. The fraction of sp³-hybridized carbons (Fsp3) is 0.304. The van der Waals surface area contributed by atoms with E-state index in [9.17, 15) is 14.4 Å². The number of rotatable bonds is 9. The van der Waals surface area contributed by atoms with Gasteiger partial charge in [0.1, 0.15) is 6.54 Å². The first-order valence-corrected chi connectivity index (χ1v) is 10.3. The molecular weight excluding hydrogens is 412 g/mol. The molecule has 0 aliphatic rings. The first-order chi connectivity index (χ1) is 15.4. The minimum atomic E-state index is -0.388. The van der Waals surface area contributed by atoms with Gasteiger partial charge >= 0.3 is 0 Å². The third-order valence-electron chi connectivity index (χ3n) is 4.67. The van der Waals surface area contributed by atoms with Crippen LogP contribution in [0, 0.1) is 0 Å². The predicted octanol–water partition coefficient (Wildman–Crippen LogP) is 2.29. The fourth-order valence-corrected chi connectivity index (χ4v) is 3.12. The number of amides is 2. The van der Waals surface area contributed by atoms with E-state index in [-0.39, 0.29) is 30.5 Å². The zero-order valence-electron chi connectivity index (χ0n) is 18.3. The summed E-state index contributed by atoms with van der Waals surface area (Å²) in [4.78, 5) is 43.0. The summed E-state index contributed by atoms with van der Waals surface area (Å²) in [6.45, 7) is 4.30. The van der Waals surface area contributed by atoms with Crippen LogP contribution in [0.3, 0.4) is 0 Å². The van der Waals surface area contributed by atoms with Crippen LogP contribution >= 0.6 is 0 Å². The van der Waals surface area contributed by atoms with Crippen molar-refractivity contribution in [1.82, 2.24) is 14.5 Å². The van der Waals surface area contributed by atoms with Gasteiger partial charge in [0.15, 0.2) is 11.5 Å². The lowest BCUT2D eigenvalue weighted by Crippen LogP contribution is -2.38. The molecule has 1 heterocycles. The van der Waals surface area contributed by atoms with E-state index in [4.69, 9.17) is 9.47 Å². The summed E-state index contributed by atoms with van der Waals surface area (Å²) in [5.41, 5.74) is 0.785. The van der Waals surface area contributed by atoms with E-state index in [1.165, 1.54) is 22.8 Å². The number of hydrogen-bond donors (Lipinski definition) is 1. The molecule has 168 valence electrons. The lowest BCUT2D eigenvalue weighted by molar-refractivity contribution is -0.133. The van der Waals surface area contributed by atoms with Gasteiger partial charge in [-0.3, -0.25) is 19.0 Å². The van der Waals surface area contributed by atoms with Gasteiger partial charge in [-0.05, 0) is 38.1 Å². The highest BCUT2D eigenvalue weighted by atomic mass is 16.5. The van der Waals surface area contributed by atoms with Gasteiger partial charge in [-0.25, -0.2) is 4.98 Å². The average molecular weight is 438 g/mol. The number of hydrogen-bond acceptors (Lipinski definition) is 6. The van der Waals surface area contributed by atoms with Gasteiger partial charge in [-0.15, -0.1) is 0 Å². The summed E-state index contributed by atoms with van der Waals surface area (Å²) >= 11 is 0. The first kappa shape index (κ1) is 22.8. The zero-order valence-corrected chi connectivity index (χ0v) is 18.3. The Morgan fingerprint density at radius 3 is 2.53 bits per heavy atom. The molecule has 2 aromatic carbocycles. The first-order valence-electron chi connectivity index (χ1n) is 10.3. The normalized spacial score (nSPS) is 10.6. The third-order valence-corrected chi connectivity index (χ3v) is 4.67. The van der Waals surface area contributed by atoms with Crippen LogP contribution in [0.15, 0.2) is 53.6 Å². The van der Waals surface area contributed by atoms with Crippen molar-refractivity contribution in [2.24, 2.45) is 0 Å². The summed E-state index contributed by atoms with van der Waals surface area (Å²) in [7, 11) is 1.51. The topological polar surface area (TPSA) is 103 Å². The van der Waals surface area contributed by atoms with E-state index >= 15 is 0 Å². The molecule has 3 rings (SSSR count). The summed E-state index contributed by atoms with van der Waals surface area (Å²) in [5.74, 6) is 0.353. The van der Waals surface area contributed by atoms with Crippen molar-refractivity contribution in [1.29, 1.82) is 0 Å². The van der Waals surface area contributed by atoms with Crippen LogP contribution in [0.25, 0.3) is 10.9 Å². The van der Waals surface area contributed by atoms with Gasteiger partial charge in [0.2, 0.25) is 11.8 Å². The highest BCUT2D eigenvalue weighted by molar-refractivity contribution is 5.94. The molecule has 1 aromatic heterocycles. The number of nitrogens with zero attached hydrogens (tertiary/aromatic N) is 3. The predicted molar refractivity (Wildman–Crippen MR) is 121 cm³/mol. The number of para-hydroxylation sites is 1. The van der Waals surface area contributed by atoms with Crippen molar-refractivity contribution < 1.29 is 19.1 Å². The second kappa shape index (κ2) is 10.4. The number of benzene rings is 2. The van der Waals surface area contributed by atoms with Crippen LogP contribution in [0.1, 0.15) is 13.8 Å². The molecule has 0 saturated carbocycles. The Bertz CT molecular complexity index is 1170. The largest absolute Gasteiger partial charge is 0.490 e. The molecule has 0 spiro atoms. The fourth-order valence-electron chi connectivity index (χ4n) is 3.12. The van der Waals surface area contributed by atoms with Crippen molar-refractivity contribution in [3.63, 3.8) is 0 Å². The Hall–Kier alpha value is -3.88. The minimum Gasteiger partial charge on any atom is -0.490 e. The summed E-state index contributed by atoms with van der Waals surface area (Å²) in [6, 6.07) is 12.0. The van der Waals surface area contributed by atoms with Gasteiger partial charge < -0.3 is 19.7 Å². The van der Waals surface area contributed by atoms with E-state index in [0.29, 0.717) is 41.3 Å². The molecule has 32 heavy (non-hydrogen) atoms. The number of carbonyl (C=O) groups is 2. The quantitative estimate of drug-likeness (QED) is 0.550. The molecule has 0 bridgehead atoms. The monoisotopic (exact) mass is 438 g/mol. The number of anilines is 1. The molecule has 3 aromatic rings. The number of fused-ring (bicyclic) bond motifs is 1. The number of likely N-dealkylation sites (N-methyl/N-ethyl adjacent to an activating group) is 1. The summed E-state index contributed by atoms with van der Waals surface area (Å²) in [5, 5.41) is 3.18. The molecule has 0 saturated heterocycles. The van der Waals surface area contributed by atoms with Crippen LogP contribution in [-0.2, 0) is 16.1 Å². The van der Waals surface area contributed by atoms with Crippen molar-refractivity contribution in [3.8, 4) is 11.5 Å². The number of nitrogens with one attached hydrogen (secondary N) is 1. The molecule has 9 nitrogen and oxygen atoms in total. The van der Waals surface area contributed by atoms with Gasteiger partial charge in [0, 0.05) is 18.8 Å². The van der Waals surface area contributed by atoms with E-state index in [0.717, 1.165) is 0 Å². The molecule has 0 fully saturated rings. The Morgan fingerprint density at radius 2 is 1.78 bits per heavy atom.